The van der Waals surface area contributed by atoms with Crippen molar-refractivity contribution < 1.29 is 4.39 Å². The van der Waals surface area contributed by atoms with Crippen LogP contribution >= 0.6 is 15.9 Å². The van der Waals surface area contributed by atoms with Crippen molar-refractivity contribution in [3.8, 4) is 5.69 Å². The average Bonchev–Trinajstić information content (AvgIpc) is 3.15. The average molecular weight is 324 g/mol. The molecular weight excluding hydrogens is 309 g/mol. The molecule has 1 aliphatic rings. The van der Waals surface area contributed by atoms with Gasteiger partial charge in [-0.05, 0) is 60.0 Å². The van der Waals surface area contributed by atoms with Crippen molar-refractivity contribution >= 4 is 15.9 Å². The number of nitrogens with two attached hydrogens (primary N) is 1. The van der Waals surface area contributed by atoms with Gasteiger partial charge in [0.15, 0.2) is 0 Å². The molecule has 1 aliphatic carbocycles. The van der Waals surface area contributed by atoms with Crippen LogP contribution in [-0.2, 0) is 5.41 Å². The third kappa shape index (κ3) is 2.01. The van der Waals surface area contributed by atoms with Crippen molar-refractivity contribution in [1.29, 1.82) is 0 Å². The SMILES string of the molecule is Cc1c(Br)c(C2(CN)CC2)nn1-c1ccc(F)cc1. The van der Waals surface area contributed by atoms with Crippen LogP contribution in [0.2, 0.25) is 0 Å². The Morgan fingerprint density at radius 3 is 2.53 bits per heavy atom. The summed E-state index contributed by atoms with van der Waals surface area (Å²) in [4.78, 5) is 0. The summed E-state index contributed by atoms with van der Waals surface area (Å²) in [7, 11) is 0. The van der Waals surface area contributed by atoms with Crippen LogP contribution in [0.25, 0.3) is 5.69 Å². The Labute approximate surface area is 119 Å². The van der Waals surface area contributed by atoms with E-state index in [2.05, 4.69) is 21.0 Å². The van der Waals surface area contributed by atoms with Gasteiger partial charge in [-0.2, -0.15) is 5.10 Å². The lowest BCUT2D eigenvalue weighted by Gasteiger charge is -2.08. The predicted octanol–water partition coefficient (Wildman–Crippen LogP) is 3.07. The van der Waals surface area contributed by atoms with Gasteiger partial charge in [0.1, 0.15) is 5.82 Å². The highest BCUT2D eigenvalue weighted by molar-refractivity contribution is 9.10. The number of nitrogens with zero attached hydrogens (tertiary/aromatic N) is 2. The number of rotatable bonds is 3. The van der Waals surface area contributed by atoms with E-state index in [1.54, 1.807) is 12.1 Å². The van der Waals surface area contributed by atoms with E-state index in [9.17, 15) is 4.39 Å². The van der Waals surface area contributed by atoms with E-state index in [0.29, 0.717) is 6.54 Å². The number of hydrogen-bond donors (Lipinski definition) is 1. The van der Waals surface area contributed by atoms with Gasteiger partial charge >= 0.3 is 0 Å². The Hall–Kier alpha value is -1.20. The molecule has 0 radical (unpaired) electrons. The third-order valence-electron chi connectivity index (χ3n) is 3.86. The zero-order valence-corrected chi connectivity index (χ0v) is 12.2. The van der Waals surface area contributed by atoms with E-state index < -0.39 is 0 Å². The van der Waals surface area contributed by atoms with Gasteiger partial charge in [0.25, 0.3) is 0 Å². The predicted molar refractivity (Wildman–Crippen MR) is 75.9 cm³/mol. The highest BCUT2D eigenvalue weighted by Crippen LogP contribution is 2.49. The molecule has 100 valence electrons. The summed E-state index contributed by atoms with van der Waals surface area (Å²) in [5.41, 5.74) is 8.80. The summed E-state index contributed by atoms with van der Waals surface area (Å²) >= 11 is 3.62. The van der Waals surface area contributed by atoms with E-state index >= 15 is 0 Å². The molecule has 3 rings (SSSR count). The zero-order chi connectivity index (χ0) is 13.6. The van der Waals surface area contributed by atoms with E-state index in [0.717, 1.165) is 34.4 Å². The fourth-order valence-electron chi connectivity index (χ4n) is 2.34. The summed E-state index contributed by atoms with van der Waals surface area (Å²) in [6, 6.07) is 6.35. The maximum Gasteiger partial charge on any atom is 0.123 e. The molecule has 19 heavy (non-hydrogen) atoms. The second-order valence-electron chi connectivity index (χ2n) is 5.12. The first-order valence-electron chi connectivity index (χ1n) is 6.29. The molecule has 1 fully saturated rings. The van der Waals surface area contributed by atoms with Crippen molar-refractivity contribution in [3.05, 3.63) is 45.9 Å². The van der Waals surface area contributed by atoms with Crippen molar-refractivity contribution in [1.82, 2.24) is 9.78 Å². The summed E-state index contributed by atoms with van der Waals surface area (Å²) in [6.07, 6.45) is 2.17. The van der Waals surface area contributed by atoms with Gasteiger partial charge in [0, 0.05) is 12.0 Å². The molecule has 0 saturated heterocycles. The minimum atomic E-state index is -0.242. The molecule has 0 atom stereocenters. The zero-order valence-electron chi connectivity index (χ0n) is 10.7. The van der Waals surface area contributed by atoms with Crippen LogP contribution in [0.15, 0.2) is 28.7 Å². The Morgan fingerprint density at radius 1 is 1.37 bits per heavy atom. The lowest BCUT2D eigenvalue weighted by molar-refractivity contribution is 0.626. The van der Waals surface area contributed by atoms with Crippen LogP contribution in [0.4, 0.5) is 4.39 Å². The molecular formula is C14H15BrFN3. The highest BCUT2D eigenvalue weighted by Gasteiger charge is 2.47. The van der Waals surface area contributed by atoms with Crippen molar-refractivity contribution in [3.63, 3.8) is 0 Å². The summed E-state index contributed by atoms with van der Waals surface area (Å²) in [5, 5.41) is 4.68. The van der Waals surface area contributed by atoms with Gasteiger partial charge in [-0.15, -0.1) is 0 Å². The van der Waals surface area contributed by atoms with Crippen molar-refractivity contribution in [2.45, 2.75) is 25.2 Å². The molecule has 2 aromatic rings. The maximum absolute atomic E-state index is 13.0. The van der Waals surface area contributed by atoms with Crippen LogP contribution in [0.3, 0.4) is 0 Å². The minimum Gasteiger partial charge on any atom is -0.330 e. The van der Waals surface area contributed by atoms with Gasteiger partial charge in [0.2, 0.25) is 0 Å². The first-order valence-corrected chi connectivity index (χ1v) is 7.08. The monoisotopic (exact) mass is 323 g/mol. The standard InChI is InChI=1S/C14H15BrFN3/c1-9-12(15)13(14(8-17)6-7-14)18-19(9)11-4-2-10(16)3-5-11/h2-5H,6-8,17H2,1H3. The van der Waals surface area contributed by atoms with Crippen molar-refractivity contribution in [2.24, 2.45) is 5.73 Å². The number of aromatic nitrogens is 2. The van der Waals surface area contributed by atoms with E-state index in [4.69, 9.17) is 5.73 Å². The molecule has 0 amide bonds. The summed E-state index contributed by atoms with van der Waals surface area (Å²) in [5.74, 6) is -0.242. The normalized spacial score (nSPS) is 16.6. The topological polar surface area (TPSA) is 43.8 Å². The maximum atomic E-state index is 13.0. The van der Waals surface area contributed by atoms with E-state index in [-0.39, 0.29) is 11.2 Å². The molecule has 1 heterocycles. The van der Waals surface area contributed by atoms with Gasteiger partial charge in [-0.25, -0.2) is 9.07 Å². The molecule has 0 aliphatic heterocycles. The smallest absolute Gasteiger partial charge is 0.123 e. The van der Waals surface area contributed by atoms with Gasteiger partial charge in [0.05, 0.1) is 21.5 Å². The van der Waals surface area contributed by atoms with Crippen LogP contribution in [0.5, 0.6) is 0 Å². The van der Waals surface area contributed by atoms with Crippen LogP contribution in [0, 0.1) is 12.7 Å². The molecule has 1 aromatic carbocycles. The molecule has 1 saturated carbocycles. The Bertz CT molecular complexity index is 614. The van der Waals surface area contributed by atoms with Gasteiger partial charge < -0.3 is 5.73 Å². The molecule has 5 heteroatoms. The van der Waals surface area contributed by atoms with Crippen LogP contribution in [-0.4, -0.2) is 16.3 Å². The number of halogens is 2. The second kappa shape index (κ2) is 4.42. The highest BCUT2D eigenvalue weighted by atomic mass is 79.9. The van der Waals surface area contributed by atoms with Crippen molar-refractivity contribution in [2.75, 3.05) is 6.54 Å². The Kier molecular flexibility index (Phi) is 2.98. The summed E-state index contributed by atoms with van der Waals surface area (Å²) < 4.78 is 15.8. The molecule has 0 unspecified atom stereocenters. The lowest BCUT2D eigenvalue weighted by atomic mass is 10.0. The first kappa shape index (κ1) is 12.8. The van der Waals surface area contributed by atoms with Crippen LogP contribution in [0.1, 0.15) is 24.2 Å². The minimum absolute atomic E-state index is 0.0366. The molecule has 2 N–H and O–H groups in total. The van der Waals surface area contributed by atoms with E-state index in [1.165, 1.54) is 12.1 Å². The molecule has 0 bridgehead atoms. The quantitative estimate of drug-likeness (QED) is 0.943. The largest absolute Gasteiger partial charge is 0.330 e. The molecule has 1 aromatic heterocycles. The van der Waals surface area contributed by atoms with Crippen LogP contribution < -0.4 is 5.73 Å². The fourth-order valence-corrected chi connectivity index (χ4v) is 3.01. The van der Waals surface area contributed by atoms with E-state index in [1.807, 2.05) is 11.6 Å². The third-order valence-corrected chi connectivity index (χ3v) is 4.81. The Balaban J connectivity index is 2.08. The summed E-state index contributed by atoms with van der Waals surface area (Å²) in [6.45, 7) is 2.61. The first-order chi connectivity index (χ1) is 9.07. The fraction of sp³-hybridized carbons (Fsp3) is 0.357. The molecule has 3 nitrogen and oxygen atoms in total. The van der Waals surface area contributed by atoms with Gasteiger partial charge in [-0.1, -0.05) is 0 Å². The van der Waals surface area contributed by atoms with Gasteiger partial charge in [-0.3, -0.25) is 0 Å². The number of hydrogen-bond acceptors (Lipinski definition) is 2. The number of benzene rings is 1. The second-order valence-corrected chi connectivity index (χ2v) is 5.91. The lowest BCUT2D eigenvalue weighted by Crippen LogP contribution is -2.21. The molecule has 0 spiro atoms. The Morgan fingerprint density at radius 2 is 2.00 bits per heavy atom.